The first kappa shape index (κ1) is 15.4. The fraction of sp³-hybridized carbons (Fsp3) is 0.350. The summed E-state index contributed by atoms with van der Waals surface area (Å²) in [5, 5.41) is 0. The zero-order valence-corrected chi connectivity index (χ0v) is 14.4. The molecule has 132 valence electrons. The molecule has 1 aromatic heterocycles. The molecule has 26 heavy (non-hydrogen) atoms. The van der Waals surface area contributed by atoms with Gasteiger partial charge in [-0.1, -0.05) is 30.3 Å². The maximum absolute atomic E-state index is 13.0. The van der Waals surface area contributed by atoms with E-state index in [0.717, 1.165) is 24.3 Å². The summed E-state index contributed by atoms with van der Waals surface area (Å²) in [7, 11) is 0. The summed E-state index contributed by atoms with van der Waals surface area (Å²) in [5.41, 5.74) is 2.33. The fourth-order valence-corrected chi connectivity index (χ4v) is 4.38. The molecule has 3 aliphatic heterocycles. The van der Waals surface area contributed by atoms with E-state index in [4.69, 9.17) is 0 Å². The molecule has 6 nitrogen and oxygen atoms in total. The molecule has 0 aliphatic carbocycles. The highest BCUT2D eigenvalue weighted by Crippen LogP contribution is 2.33. The van der Waals surface area contributed by atoms with Crippen LogP contribution in [0.3, 0.4) is 0 Å². The van der Waals surface area contributed by atoms with Crippen LogP contribution in [0.4, 0.5) is 10.6 Å². The average Bonchev–Trinajstić information content (AvgIpc) is 3.25. The van der Waals surface area contributed by atoms with Crippen molar-refractivity contribution in [2.75, 3.05) is 18.0 Å². The average molecular weight is 348 g/mol. The normalized spacial score (nSPS) is 24.8. The van der Waals surface area contributed by atoms with Gasteiger partial charge in [-0.3, -0.25) is 9.69 Å². The molecule has 6 heteroatoms. The van der Waals surface area contributed by atoms with Gasteiger partial charge in [0.1, 0.15) is 11.9 Å². The van der Waals surface area contributed by atoms with Gasteiger partial charge in [0.2, 0.25) is 0 Å². The van der Waals surface area contributed by atoms with Crippen LogP contribution in [0.5, 0.6) is 0 Å². The fourth-order valence-electron chi connectivity index (χ4n) is 4.38. The van der Waals surface area contributed by atoms with E-state index in [-0.39, 0.29) is 24.0 Å². The minimum atomic E-state index is -0.346. The number of hydrogen-bond acceptors (Lipinski definition) is 4. The molecule has 5 rings (SSSR count). The second-order valence-corrected chi connectivity index (χ2v) is 7.18. The van der Waals surface area contributed by atoms with Gasteiger partial charge in [0.15, 0.2) is 0 Å². The first-order chi connectivity index (χ1) is 12.7. The van der Waals surface area contributed by atoms with E-state index in [2.05, 4.69) is 16.0 Å². The predicted octanol–water partition coefficient (Wildman–Crippen LogP) is 2.05. The molecule has 0 bridgehead atoms. The molecule has 0 radical (unpaired) electrons. The topological polar surface area (TPSA) is 56.8 Å². The van der Waals surface area contributed by atoms with Crippen LogP contribution in [0.2, 0.25) is 0 Å². The van der Waals surface area contributed by atoms with Crippen LogP contribution in [0.1, 0.15) is 17.5 Å². The standard InChI is InChI=1S/C20H20N4O2/c25-19-17-11-14-5-1-2-6-15(14)12-23(17)20(26)24(19)16-8-10-22(13-16)18-7-3-4-9-21-18/h1-7,9,16-17H,8,10-13H2/t16?,17-/m1/s1. The molecule has 3 aliphatic rings. The van der Waals surface area contributed by atoms with Crippen LogP contribution in [0.25, 0.3) is 0 Å². The third kappa shape index (κ3) is 2.29. The number of imide groups is 1. The first-order valence-corrected chi connectivity index (χ1v) is 9.09. The quantitative estimate of drug-likeness (QED) is 0.780. The number of carbonyl (C=O) groups is 2. The number of hydrogen-bond donors (Lipinski definition) is 0. The van der Waals surface area contributed by atoms with E-state index in [9.17, 15) is 9.59 Å². The molecule has 2 aromatic rings. The Morgan fingerprint density at radius 2 is 1.81 bits per heavy atom. The molecule has 1 unspecified atom stereocenters. The largest absolute Gasteiger partial charge is 0.354 e. The third-order valence-electron chi connectivity index (χ3n) is 5.72. The number of urea groups is 1. The number of rotatable bonds is 2. The second-order valence-electron chi connectivity index (χ2n) is 7.18. The van der Waals surface area contributed by atoms with Gasteiger partial charge in [-0.2, -0.15) is 0 Å². The SMILES string of the molecule is O=C1[C@H]2Cc3ccccc3CN2C(=O)N1C1CCN(c2ccccn2)C1. The van der Waals surface area contributed by atoms with Gasteiger partial charge >= 0.3 is 6.03 Å². The Balaban J connectivity index is 1.37. The Labute approximate surface area is 152 Å². The summed E-state index contributed by atoms with van der Waals surface area (Å²) in [6, 6.07) is 13.3. The molecule has 2 fully saturated rings. The van der Waals surface area contributed by atoms with E-state index in [1.165, 1.54) is 10.5 Å². The third-order valence-corrected chi connectivity index (χ3v) is 5.72. The Bertz CT molecular complexity index is 826. The summed E-state index contributed by atoms with van der Waals surface area (Å²) < 4.78 is 0. The van der Waals surface area contributed by atoms with Crippen molar-refractivity contribution >= 4 is 17.8 Å². The van der Waals surface area contributed by atoms with Gasteiger partial charge in [-0.05, 0) is 29.7 Å². The zero-order valence-electron chi connectivity index (χ0n) is 14.4. The highest BCUT2D eigenvalue weighted by atomic mass is 16.2. The predicted molar refractivity (Wildman–Crippen MR) is 96.6 cm³/mol. The second kappa shape index (κ2) is 5.83. The monoisotopic (exact) mass is 348 g/mol. The maximum atomic E-state index is 13.0. The first-order valence-electron chi connectivity index (χ1n) is 9.09. The van der Waals surface area contributed by atoms with Crippen molar-refractivity contribution in [2.45, 2.75) is 31.5 Å². The summed E-state index contributed by atoms with van der Waals surface area (Å²) in [5.74, 6) is 0.858. The van der Waals surface area contributed by atoms with E-state index in [1.54, 1.807) is 11.1 Å². The van der Waals surface area contributed by atoms with Gasteiger partial charge in [0, 0.05) is 32.3 Å². The maximum Gasteiger partial charge on any atom is 0.328 e. The van der Waals surface area contributed by atoms with E-state index in [1.807, 2.05) is 36.4 Å². The molecular formula is C20H20N4O2. The van der Waals surface area contributed by atoms with Crippen LogP contribution in [-0.2, 0) is 17.8 Å². The van der Waals surface area contributed by atoms with Crippen LogP contribution in [-0.4, -0.2) is 51.9 Å². The lowest BCUT2D eigenvalue weighted by Gasteiger charge is -2.28. The molecule has 0 N–H and O–H groups in total. The highest BCUT2D eigenvalue weighted by molar-refractivity contribution is 6.05. The van der Waals surface area contributed by atoms with Crippen LogP contribution >= 0.6 is 0 Å². The molecule has 0 spiro atoms. The Kier molecular flexibility index (Phi) is 3.45. The van der Waals surface area contributed by atoms with Crippen LogP contribution in [0, 0.1) is 0 Å². The zero-order chi connectivity index (χ0) is 17.7. The van der Waals surface area contributed by atoms with Crippen LogP contribution in [0.15, 0.2) is 48.7 Å². The van der Waals surface area contributed by atoms with E-state index in [0.29, 0.717) is 19.5 Å². The van der Waals surface area contributed by atoms with Gasteiger partial charge in [-0.25, -0.2) is 9.78 Å². The lowest BCUT2D eigenvalue weighted by molar-refractivity contribution is -0.129. The number of fused-ring (bicyclic) bond motifs is 2. The summed E-state index contributed by atoms with van der Waals surface area (Å²) in [4.78, 5) is 35.8. The highest BCUT2D eigenvalue weighted by Gasteiger charge is 2.50. The summed E-state index contributed by atoms with van der Waals surface area (Å²) >= 11 is 0. The van der Waals surface area contributed by atoms with Crippen molar-refractivity contribution in [3.63, 3.8) is 0 Å². The Hall–Kier alpha value is -2.89. The molecule has 2 saturated heterocycles. The van der Waals surface area contributed by atoms with Gasteiger partial charge in [0.05, 0.1) is 6.04 Å². The van der Waals surface area contributed by atoms with Crippen molar-refractivity contribution < 1.29 is 9.59 Å². The molecule has 4 heterocycles. The van der Waals surface area contributed by atoms with Crippen molar-refractivity contribution in [3.8, 4) is 0 Å². The summed E-state index contributed by atoms with van der Waals surface area (Å²) in [6.07, 6.45) is 3.18. The Morgan fingerprint density at radius 3 is 2.62 bits per heavy atom. The van der Waals surface area contributed by atoms with Gasteiger partial charge < -0.3 is 9.80 Å². The van der Waals surface area contributed by atoms with Crippen molar-refractivity contribution in [3.05, 3.63) is 59.8 Å². The number of aromatic nitrogens is 1. The van der Waals surface area contributed by atoms with Crippen molar-refractivity contribution in [1.29, 1.82) is 0 Å². The van der Waals surface area contributed by atoms with E-state index >= 15 is 0 Å². The molecule has 3 amide bonds. The number of amides is 3. The summed E-state index contributed by atoms with van der Waals surface area (Å²) in [6.45, 7) is 1.99. The number of pyridine rings is 1. The number of benzene rings is 1. The molecule has 1 aromatic carbocycles. The van der Waals surface area contributed by atoms with E-state index < -0.39 is 0 Å². The molecular weight excluding hydrogens is 328 g/mol. The lowest BCUT2D eigenvalue weighted by Crippen LogP contribution is -2.42. The number of carbonyl (C=O) groups excluding carboxylic acids is 2. The van der Waals surface area contributed by atoms with Gasteiger partial charge in [0.25, 0.3) is 5.91 Å². The number of anilines is 1. The van der Waals surface area contributed by atoms with Crippen LogP contribution < -0.4 is 4.90 Å². The minimum absolute atomic E-state index is 0.0441. The smallest absolute Gasteiger partial charge is 0.328 e. The van der Waals surface area contributed by atoms with Crippen molar-refractivity contribution in [1.82, 2.24) is 14.8 Å². The molecule has 2 atom stereocenters. The molecule has 0 saturated carbocycles. The Morgan fingerprint density at radius 1 is 1.00 bits per heavy atom. The number of nitrogens with zero attached hydrogens (tertiary/aromatic N) is 4. The van der Waals surface area contributed by atoms with Gasteiger partial charge in [-0.15, -0.1) is 0 Å². The minimum Gasteiger partial charge on any atom is -0.354 e. The lowest BCUT2D eigenvalue weighted by atomic mass is 9.95. The van der Waals surface area contributed by atoms with Crippen molar-refractivity contribution in [2.24, 2.45) is 0 Å².